The molecule has 1 saturated heterocycles. The number of carbonyl (C=O) groups excluding carboxylic acids is 1. The van der Waals surface area contributed by atoms with Gasteiger partial charge in [-0.25, -0.2) is 4.39 Å². The highest BCUT2D eigenvalue weighted by Gasteiger charge is 2.36. The fourth-order valence-electron chi connectivity index (χ4n) is 2.87. The minimum atomic E-state index is -0.258. The summed E-state index contributed by atoms with van der Waals surface area (Å²) in [7, 11) is 3.54. The first-order valence-electron chi connectivity index (χ1n) is 6.97. The fraction of sp³-hybridized carbons (Fsp3) is 0.533. The van der Waals surface area contributed by atoms with Gasteiger partial charge >= 0.3 is 0 Å². The summed E-state index contributed by atoms with van der Waals surface area (Å²) in [4.78, 5) is 16.0. The average molecular weight is 279 g/mol. The second-order valence-corrected chi connectivity index (χ2v) is 5.43. The number of benzene rings is 1. The summed E-state index contributed by atoms with van der Waals surface area (Å²) >= 11 is 0. The van der Waals surface area contributed by atoms with Gasteiger partial charge in [0.15, 0.2) is 0 Å². The van der Waals surface area contributed by atoms with Crippen molar-refractivity contribution in [2.75, 3.05) is 27.2 Å². The second kappa shape index (κ2) is 6.33. The number of carbonyl (C=O) groups is 1. The zero-order valence-electron chi connectivity index (χ0n) is 12.1. The van der Waals surface area contributed by atoms with Crippen LogP contribution in [0.25, 0.3) is 0 Å². The van der Waals surface area contributed by atoms with E-state index in [9.17, 15) is 9.18 Å². The molecule has 2 unspecified atom stereocenters. The molecule has 0 aromatic heterocycles. The van der Waals surface area contributed by atoms with Gasteiger partial charge in [-0.05, 0) is 37.1 Å². The van der Waals surface area contributed by atoms with Crippen LogP contribution in [0, 0.1) is 5.82 Å². The molecule has 0 radical (unpaired) electrons. The molecule has 1 aromatic rings. The number of rotatable bonds is 4. The van der Waals surface area contributed by atoms with Crippen LogP contribution in [0.4, 0.5) is 4.39 Å². The molecule has 1 aliphatic heterocycles. The van der Waals surface area contributed by atoms with E-state index in [1.54, 1.807) is 31.1 Å². The smallest absolute Gasteiger partial charge is 0.239 e. The van der Waals surface area contributed by atoms with Gasteiger partial charge in [-0.1, -0.05) is 12.1 Å². The largest absolute Gasteiger partial charge is 0.347 e. The Morgan fingerprint density at radius 1 is 1.45 bits per heavy atom. The molecular formula is C15H22FN3O. The van der Waals surface area contributed by atoms with Crippen molar-refractivity contribution in [3.8, 4) is 0 Å². The van der Waals surface area contributed by atoms with Crippen molar-refractivity contribution < 1.29 is 9.18 Å². The number of hydrogen-bond acceptors (Lipinski definition) is 3. The van der Waals surface area contributed by atoms with Crippen LogP contribution < -0.4 is 5.73 Å². The molecule has 0 saturated carbocycles. The Labute approximate surface area is 119 Å². The summed E-state index contributed by atoms with van der Waals surface area (Å²) in [5.41, 5.74) is 6.87. The standard InChI is InChI=1S/C15H22FN3O/c1-18(2)15(20)13-4-3-9-19(13)14(10-17)11-5-7-12(16)8-6-11/h5-8,13-14H,3-4,9-10,17H2,1-2H3. The number of likely N-dealkylation sites (N-methyl/N-ethyl adjacent to an activating group) is 1. The molecule has 1 fully saturated rings. The van der Waals surface area contributed by atoms with Crippen LogP contribution in [-0.4, -0.2) is 48.9 Å². The quantitative estimate of drug-likeness (QED) is 0.906. The first kappa shape index (κ1) is 14.9. The highest BCUT2D eigenvalue weighted by Crippen LogP contribution is 2.29. The molecule has 0 spiro atoms. The average Bonchev–Trinajstić information content (AvgIpc) is 2.90. The van der Waals surface area contributed by atoms with Crippen molar-refractivity contribution in [3.05, 3.63) is 35.6 Å². The third-order valence-electron chi connectivity index (χ3n) is 3.90. The molecular weight excluding hydrogens is 257 g/mol. The monoisotopic (exact) mass is 279 g/mol. The lowest BCUT2D eigenvalue weighted by molar-refractivity contribution is -0.134. The van der Waals surface area contributed by atoms with E-state index in [0.717, 1.165) is 24.9 Å². The topological polar surface area (TPSA) is 49.6 Å². The van der Waals surface area contributed by atoms with Gasteiger partial charge in [-0.15, -0.1) is 0 Å². The highest BCUT2D eigenvalue weighted by atomic mass is 19.1. The Bertz CT molecular complexity index is 461. The molecule has 20 heavy (non-hydrogen) atoms. The number of nitrogens with zero attached hydrogens (tertiary/aromatic N) is 2. The Balaban J connectivity index is 2.22. The lowest BCUT2D eigenvalue weighted by Crippen LogP contribution is -2.46. The maximum absolute atomic E-state index is 13.0. The van der Waals surface area contributed by atoms with E-state index in [1.807, 2.05) is 0 Å². The van der Waals surface area contributed by atoms with Crippen LogP contribution in [0.3, 0.4) is 0 Å². The van der Waals surface area contributed by atoms with Gasteiger partial charge in [0.05, 0.1) is 6.04 Å². The predicted molar refractivity (Wildman–Crippen MR) is 76.6 cm³/mol. The van der Waals surface area contributed by atoms with Crippen LogP contribution in [0.15, 0.2) is 24.3 Å². The fourth-order valence-corrected chi connectivity index (χ4v) is 2.87. The summed E-state index contributed by atoms with van der Waals surface area (Å²) in [5.74, 6) is -0.144. The minimum absolute atomic E-state index is 0.0352. The Morgan fingerprint density at radius 3 is 2.65 bits per heavy atom. The van der Waals surface area contributed by atoms with E-state index in [4.69, 9.17) is 5.73 Å². The summed E-state index contributed by atoms with van der Waals surface area (Å²) in [6, 6.07) is 6.23. The first-order valence-corrected chi connectivity index (χ1v) is 6.97. The van der Waals surface area contributed by atoms with E-state index in [0.29, 0.717) is 6.54 Å². The third kappa shape index (κ3) is 2.99. The Hall–Kier alpha value is -1.46. The highest BCUT2D eigenvalue weighted by molar-refractivity contribution is 5.81. The van der Waals surface area contributed by atoms with E-state index in [1.165, 1.54) is 12.1 Å². The Morgan fingerprint density at radius 2 is 2.10 bits per heavy atom. The van der Waals surface area contributed by atoms with Gasteiger partial charge in [0.25, 0.3) is 0 Å². The molecule has 1 heterocycles. The van der Waals surface area contributed by atoms with Crippen molar-refractivity contribution in [3.63, 3.8) is 0 Å². The molecule has 5 heteroatoms. The minimum Gasteiger partial charge on any atom is -0.347 e. The molecule has 1 aromatic carbocycles. The molecule has 0 aliphatic carbocycles. The van der Waals surface area contributed by atoms with Gasteiger partial charge < -0.3 is 10.6 Å². The van der Waals surface area contributed by atoms with Crippen molar-refractivity contribution in [1.29, 1.82) is 0 Å². The number of amides is 1. The number of likely N-dealkylation sites (tertiary alicyclic amines) is 1. The van der Waals surface area contributed by atoms with Gasteiger partial charge in [0, 0.05) is 26.7 Å². The second-order valence-electron chi connectivity index (χ2n) is 5.43. The summed E-state index contributed by atoms with van der Waals surface area (Å²) in [5, 5.41) is 0. The molecule has 4 nitrogen and oxygen atoms in total. The molecule has 0 bridgehead atoms. The van der Waals surface area contributed by atoms with Crippen LogP contribution >= 0.6 is 0 Å². The van der Waals surface area contributed by atoms with E-state index < -0.39 is 0 Å². The van der Waals surface area contributed by atoms with E-state index in [2.05, 4.69) is 4.90 Å². The molecule has 2 N–H and O–H groups in total. The lowest BCUT2D eigenvalue weighted by Gasteiger charge is -2.33. The first-order chi connectivity index (χ1) is 9.54. The number of halogens is 1. The predicted octanol–water partition coefficient (Wildman–Crippen LogP) is 1.38. The van der Waals surface area contributed by atoms with Crippen molar-refractivity contribution in [2.24, 2.45) is 5.73 Å². The van der Waals surface area contributed by atoms with E-state index in [-0.39, 0.29) is 23.8 Å². The van der Waals surface area contributed by atoms with E-state index >= 15 is 0 Å². The lowest BCUT2D eigenvalue weighted by atomic mass is 10.0. The summed E-state index contributed by atoms with van der Waals surface area (Å²) in [6.45, 7) is 1.27. The SMILES string of the molecule is CN(C)C(=O)C1CCCN1C(CN)c1ccc(F)cc1. The van der Waals surface area contributed by atoms with Gasteiger partial charge in [-0.3, -0.25) is 9.69 Å². The molecule has 110 valence electrons. The van der Waals surface area contributed by atoms with Crippen LogP contribution in [-0.2, 0) is 4.79 Å². The zero-order valence-corrected chi connectivity index (χ0v) is 12.1. The zero-order chi connectivity index (χ0) is 14.7. The van der Waals surface area contributed by atoms with Crippen LogP contribution in [0.1, 0.15) is 24.4 Å². The van der Waals surface area contributed by atoms with Gasteiger partial charge in [-0.2, -0.15) is 0 Å². The van der Waals surface area contributed by atoms with Crippen molar-refractivity contribution in [2.45, 2.75) is 24.9 Å². The van der Waals surface area contributed by atoms with Crippen molar-refractivity contribution in [1.82, 2.24) is 9.80 Å². The van der Waals surface area contributed by atoms with Crippen LogP contribution in [0.2, 0.25) is 0 Å². The maximum Gasteiger partial charge on any atom is 0.239 e. The molecule has 2 rings (SSSR count). The summed E-state index contributed by atoms with van der Waals surface area (Å²) in [6.07, 6.45) is 1.84. The summed E-state index contributed by atoms with van der Waals surface area (Å²) < 4.78 is 13.0. The third-order valence-corrected chi connectivity index (χ3v) is 3.90. The van der Waals surface area contributed by atoms with Crippen LogP contribution in [0.5, 0.6) is 0 Å². The van der Waals surface area contributed by atoms with Gasteiger partial charge in [0.2, 0.25) is 5.91 Å². The number of nitrogens with two attached hydrogens (primary N) is 1. The number of hydrogen-bond donors (Lipinski definition) is 1. The normalized spacial score (nSPS) is 20.9. The molecule has 1 amide bonds. The Kier molecular flexibility index (Phi) is 4.73. The van der Waals surface area contributed by atoms with Crippen molar-refractivity contribution >= 4 is 5.91 Å². The molecule has 2 atom stereocenters. The van der Waals surface area contributed by atoms with Gasteiger partial charge in [0.1, 0.15) is 5.82 Å². The molecule has 1 aliphatic rings. The maximum atomic E-state index is 13.0.